The summed E-state index contributed by atoms with van der Waals surface area (Å²) in [7, 11) is 0. The molecular weight excluding hydrogens is 448 g/mol. The number of aliphatic carboxylic acids is 1. The van der Waals surface area contributed by atoms with E-state index in [1.54, 1.807) is 0 Å². The van der Waals surface area contributed by atoms with Crippen LogP contribution in [0.4, 0.5) is 10.5 Å². The molecule has 9 heteroatoms. The zero-order valence-electron chi connectivity index (χ0n) is 19.4. The van der Waals surface area contributed by atoms with Gasteiger partial charge in [-0.2, -0.15) is 5.10 Å². The Hall–Kier alpha value is -4.14. The summed E-state index contributed by atoms with van der Waals surface area (Å²) in [6.45, 7) is 1.88. The van der Waals surface area contributed by atoms with Crippen LogP contribution in [-0.2, 0) is 20.9 Å². The molecular formula is C26H28N4O5. The molecule has 0 aliphatic heterocycles. The van der Waals surface area contributed by atoms with Crippen LogP contribution < -0.4 is 10.6 Å². The van der Waals surface area contributed by atoms with Crippen molar-refractivity contribution in [1.82, 2.24) is 15.1 Å². The van der Waals surface area contributed by atoms with Gasteiger partial charge in [-0.25, -0.2) is 4.79 Å². The maximum absolute atomic E-state index is 12.6. The minimum absolute atomic E-state index is 0.0385. The smallest absolute Gasteiger partial charge is 0.407 e. The van der Waals surface area contributed by atoms with Crippen LogP contribution in [0, 0.1) is 0 Å². The van der Waals surface area contributed by atoms with Crippen LogP contribution in [0.2, 0.25) is 0 Å². The van der Waals surface area contributed by atoms with Gasteiger partial charge in [-0.15, -0.1) is 0 Å². The largest absolute Gasteiger partial charge is 0.480 e. The summed E-state index contributed by atoms with van der Waals surface area (Å²) in [4.78, 5) is 35.9. The summed E-state index contributed by atoms with van der Waals surface area (Å²) in [6, 6.07) is 15.9. The summed E-state index contributed by atoms with van der Waals surface area (Å²) in [5.74, 6) is -1.37. The van der Waals surface area contributed by atoms with Crippen molar-refractivity contribution in [2.24, 2.45) is 0 Å². The van der Waals surface area contributed by atoms with Crippen LogP contribution in [-0.4, -0.2) is 45.5 Å². The first kappa shape index (κ1) is 24.0. The van der Waals surface area contributed by atoms with E-state index in [1.165, 1.54) is 17.1 Å². The number of carbonyl (C=O) groups is 3. The van der Waals surface area contributed by atoms with E-state index in [9.17, 15) is 14.4 Å². The Morgan fingerprint density at radius 3 is 2.37 bits per heavy atom. The molecule has 0 fully saturated rings. The highest BCUT2D eigenvalue weighted by atomic mass is 16.5. The Bertz CT molecular complexity index is 1180. The van der Waals surface area contributed by atoms with Gasteiger partial charge in [0.2, 0.25) is 5.91 Å². The first-order valence-corrected chi connectivity index (χ1v) is 11.6. The number of anilines is 1. The predicted molar refractivity (Wildman–Crippen MR) is 130 cm³/mol. The number of ether oxygens (including phenoxy) is 1. The number of benzene rings is 2. The van der Waals surface area contributed by atoms with E-state index in [0.717, 1.165) is 28.7 Å². The van der Waals surface area contributed by atoms with Crippen LogP contribution in [0.1, 0.15) is 43.2 Å². The highest BCUT2D eigenvalue weighted by molar-refractivity contribution is 5.91. The van der Waals surface area contributed by atoms with E-state index < -0.39 is 18.1 Å². The van der Waals surface area contributed by atoms with Crippen molar-refractivity contribution in [2.75, 3.05) is 11.9 Å². The first-order valence-electron chi connectivity index (χ1n) is 11.6. The SMILES string of the molecule is CCC[C@@H](CC(=O)Nc1cnn(CC(=O)O)c1)NC(=O)OCC1c2ccccc2-c2ccccc21. The minimum Gasteiger partial charge on any atom is -0.480 e. The molecule has 1 heterocycles. The predicted octanol–water partition coefficient (Wildman–Crippen LogP) is 4.00. The molecule has 1 atom stereocenters. The van der Waals surface area contributed by atoms with Crippen LogP contribution in [0.5, 0.6) is 0 Å². The lowest BCUT2D eigenvalue weighted by Crippen LogP contribution is -2.38. The first-order chi connectivity index (χ1) is 16.9. The Morgan fingerprint density at radius 2 is 1.74 bits per heavy atom. The van der Waals surface area contributed by atoms with E-state index >= 15 is 0 Å². The number of fused-ring (bicyclic) bond motifs is 3. The zero-order chi connectivity index (χ0) is 24.8. The molecule has 0 saturated heterocycles. The summed E-state index contributed by atoms with van der Waals surface area (Å²) in [5, 5.41) is 18.2. The summed E-state index contributed by atoms with van der Waals surface area (Å²) in [5.41, 5.74) is 4.98. The molecule has 0 saturated carbocycles. The number of nitrogens with one attached hydrogen (secondary N) is 2. The third-order valence-corrected chi connectivity index (χ3v) is 5.95. The highest BCUT2D eigenvalue weighted by Gasteiger charge is 2.29. The average Bonchev–Trinajstić information content (AvgIpc) is 3.39. The van der Waals surface area contributed by atoms with Crippen LogP contribution in [0.15, 0.2) is 60.9 Å². The van der Waals surface area contributed by atoms with Crippen LogP contribution in [0.3, 0.4) is 0 Å². The Labute approximate surface area is 203 Å². The normalized spacial score (nSPS) is 12.9. The van der Waals surface area contributed by atoms with E-state index in [0.29, 0.717) is 12.1 Å². The molecule has 0 radical (unpaired) electrons. The maximum atomic E-state index is 12.6. The number of carbonyl (C=O) groups excluding carboxylic acids is 2. The van der Waals surface area contributed by atoms with Gasteiger partial charge in [0.15, 0.2) is 0 Å². The standard InChI is InChI=1S/C26H28N4O5/c1-2-7-17(12-24(31)28-18-13-27-30(14-18)15-25(32)33)29-26(34)35-16-23-21-10-5-3-8-19(21)20-9-4-6-11-22(20)23/h3-6,8-11,13-14,17,23H,2,7,12,15-16H2,1H3,(H,28,31)(H,29,34)(H,32,33)/t17-/m0/s1. The molecule has 1 aromatic heterocycles. The topological polar surface area (TPSA) is 123 Å². The van der Waals surface area contributed by atoms with Gasteiger partial charge in [0.1, 0.15) is 13.2 Å². The number of rotatable bonds is 10. The lowest BCUT2D eigenvalue weighted by molar-refractivity contribution is -0.137. The second-order valence-corrected chi connectivity index (χ2v) is 8.53. The van der Waals surface area contributed by atoms with Crippen molar-refractivity contribution in [3.05, 3.63) is 72.1 Å². The van der Waals surface area contributed by atoms with Gasteiger partial charge in [-0.3, -0.25) is 14.3 Å². The number of nitrogens with zero attached hydrogens (tertiary/aromatic N) is 2. The van der Waals surface area contributed by atoms with Crippen molar-refractivity contribution in [2.45, 2.75) is 44.7 Å². The molecule has 0 bridgehead atoms. The highest BCUT2D eigenvalue weighted by Crippen LogP contribution is 2.44. The number of aromatic nitrogens is 2. The Balaban J connectivity index is 1.32. The van der Waals surface area contributed by atoms with Gasteiger partial charge in [0, 0.05) is 24.6 Å². The van der Waals surface area contributed by atoms with Gasteiger partial charge in [0.25, 0.3) is 0 Å². The quantitative estimate of drug-likeness (QED) is 0.406. The van der Waals surface area contributed by atoms with Crippen molar-refractivity contribution < 1.29 is 24.2 Å². The fraction of sp³-hybridized carbons (Fsp3) is 0.308. The second-order valence-electron chi connectivity index (χ2n) is 8.53. The molecule has 9 nitrogen and oxygen atoms in total. The number of amides is 2. The van der Waals surface area contributed by atoms with Gasteiger partial charge in [-0.05, 0) is 28.7 Å². The molecule has 3 N–H and O–H groups in total. The van der Waals surface area contributed by atoms with Crippen molar-refractivity contribution >= 4 is 23.7 Å². The number of hydrogen-bond acceptors (Lipinski definition) is 5. The van der Waals surface area contributed by atoms with E-state index in [1.807, 2.05) is 31.2 Å². The van der Waals surface area contributed by atoms with Crippen molar-refractivity contribution in [3.8, 4) is 11.1 Å². The van der Waals surface area contributed by atoms with E-state index in [2.05, 4.69) is 40.0 Å². The molecule has 1 aliphatic carbocycles. The third-order valence-electron chi connectivity index (χ3n) is 5.95. The minimum atomic E-state index is -1.03. The molecule has 1 aliphatic rings. The molecule has 2 aromatic carbocycles. The Morgan fingerprint density at radius 1 is 1.09 bits per heavy atom. The molecule has 182 valence electrons. The average molecular weight is 477 g/mol. The van der Waals surface area contributed by atoms with Crippen molar-refractivity contribution in [3.63, 3.8) is 0 Å². The maximum Gasteiger partial charge on any atom is 0.407 e. The third kappa shape index (κ3) is 5.87. The molecule has 0 unspecified atom stereocenters. The monoisotopic (exact) mass is 476 g/mol. The molecule has 0 spiro atoms. The number of carboxylic acids is 1. The van der Waals surface area contributed by atoms with Gasteiger partial charge in [-0.1, -0.05) is 61.9 Å². The van der Waals surface area contributed by atoms with Gasteiger partial charge in [0.05, 0.1) is 11.9 Å². The van der Waals surface area contributed by atoms with Gasteiger partial charge < -0.3 is 20.5 Å². The molecule has 2 amide bonds. The summed E-state index contributed by atoms with van der Waals surface area (Å²) >= 11 is 0. The number of carboxylic acid groups (broad SMARTS) is 1. The molecule has 35 heavy (non-hydrogen) atoms. The fourth-order valence-corrected chi connectivity index (χ4v) is 4.47. The zero-order valence-corrected chi connectivity index (χ0v) is 19.4. The number of alkyl carbamates (subject to hydrolysis) is 1. The Kier molecular flexibility index (Phi) is 7.45. The van der Waals surface area contributed by atoms with E-state index in [-0.39, 0.29) is 31.4 Å². The lowest BCUT2D eigenvalue weighted by Gasteiger charge is -2.19. The van der Waals surface area contributed by atoms with Crippen LogP contribution in [0.25, 0.3) is 11.1 Å². The summed E-state index contributed by atoms with van der Waals surface area (Å²) < 4.78 is 6.82. The second kappa shape index (κ2) is 10.9. The molecule has 3 aromatic rings. The lowest BCUT2D eigenvalue weighted by atomic mass is 9.98. The number of hydrogen-bond donors (Lipinski definition) is 3. The van der Waals surface area contributed by atoms with Crippen molar-refractivity contribution in [1.29, 1.82) is 0 Å². The van der Waals surface area contributed by atoms with Crippen LogP contribution >= 0.6 is 0 Å². The molecule has 4 rings (SSSR count). The summed E-state index contributed by atoms with van der Waals surface area (Å²) in [6.07, 6.45) is 3.71. The van der Waals surface area contributed by atoms with Gasteiger partial charge >= 0.3 is 12.1 Å². The fourth-order valence-electron chi connectivity index (χ4n) is 4.47. The van der Waals surface area contributed by atoms with E-state index in [4.69, 9.17) is 9.84 Å².